The van der Waals surface area contributed by atoms with E-state index in [2.05, 4.69) is 5.32 Å². The van der Waals surface area contributed by atoms with Gasteiger partial charge in [0, 0.05) is 0 Å². The van der Waals surface area contributed by atoms with E-state index in [0.717, 1.165) is 6.42 Å². The van der Waals surface area contributed by atoms with Gasteiger partial charge in [-0.1, -0.05) is 30.3 Å². The maximum atomic E-state index is 10.0. The summed E-state index contributed by atoms with van der Waals surface area (Å²) >= 11 is 0. The zero-order chi connectivity index (χ0) is 12.9. The van der Waals surface area contributed by atoms with Crippen LogP contribution in [-0.2, 0) is 11.2 Å². The molecule has 0 fully saturated rings. The Kier molecular flexibility index (Phi) is 5.12. The highest BCUT2D eigenvalue weighted by Gasteiger charge is 2.23. The monoisotopic (exact) mass is 237 g/mol. The maximum Gasteiger partial charge on any atom is 0.170 e. The second kappa shape index (κ2) is 6.15. The van der Waals surface area contributed by atoms with Crippen LogP contribution in [0.15, 0.2) is 30.3 Å². The number of hydrogen-bond donors (Lipinski definition) is 2. The Bertz CT molecular complexity index is 319. The molecule has 0 aliphatic carbocycles. The van der Waals surface area contributed by atoms with Crippen LogP contribution >= 0.6 is 0 Å². The van der Waals surface area contributed by atoms with Gasteiger partial charge in [0.15, 0.2) is 6.29 Å². The van der Waals surface area contributed by atoms with Crippen molar-refractivity contribution in [3.8, 4) is 0 Å². The molecule has 0 aliphatic rings. The number of rotatable bonds is 5. The fourth-order valence-corrected chi connectivity index (χ4v) is 1.66. The van der Waals surface area contributed by atoms with Gasteiger partial charge in [0.25, 0.3) is 0 Å². The van der Waals surface area contributed by atoms with Crippen molar-refractivity contribution in [1.29, 1.82) is 0 Å². The van der Waals surface area contributed by atoms with Crippen molar-refractivity contribution in [1.82, 2.24) is 5.32 Å². The normalized spacial score (nSPS) is 15.6. The van der Waals surface area contributed by atoms with E-state index in [-0.39, 0.29) is 11.6 Å². The standard InChI is InChI=1S/C14H23NO2/c1-14(2,3)17-13(16)12(15-4)10-11-8-6-5-7-9-11/h5-9,12-13,15-16H,10H2,1-4H3/t12-,13?/m0/s1. The molecule has 0 saturated heterocycles. The van der Waals surface area contributed by atoms with Crippen molar-refractivity contribution in [2.75, 3.05) is 7.05 Å². The van der Waals surface area contributed by atoms with Gasteiger partial charge in [-0.05, 0) is 39.8 Å². The van der Waals surface area contributed by atoms with Crippen molar-refractivity contribution in [2.45, 2.75) is 45.1 Å². The highest BCUT2D eigenvalue weighted by Crippen LogP contribution is 2.14. The predicted molar refractivity (Wildman–Crippen MR) is 69.8 cm³/mol. The SMILES string of the molecule is CN[C@@H](Cc1ccccc1)C(O)OC(C)(C)C. The lowest BCUT2D eigenvalue weighted by molar-refractivity contribution is -0.179. The van der Waals surface area contributed by atoms with Crippen molar-refractivity contribution >= 4 is 0 Å². The molecular formula is C14H23NO2. The molecule has 0 amide bonds. The van der Waals surface area contributed by atoms with Gasteiger partial charge in [-0.15, -0.1) is 0 Å². The average molecular weight is 237 g/mol. The summed E-state index contributed by atoms with van der Waals surface area (Å²) in [5.41, 5.74) is 0.842. The van der Waals surface area contributed by atoms with E-state index in [4.69, 9.17) is 4.74 Å². The molecule has 1 aromatic carbocycles. The molecule has 2 atom stereocenters. The summed E-state index contributed by atoms with van der Waals surface area (Å²) in [6.45, 7) is 5.81. The van der Waals surface area contributed by atoms with Crippen molar-refractivity contribution < 1.29 is 9.84 Å². The molecule has 0 spiro atoms. The lowest BCUT2D eigenvalue weighted by Gasteiger charge is -2.29. The van der Waals surface area contributed by atoms with E-state index in [9.17, 15) is 5.11 Å². The van der Waals surface area contributed by atoms with Crippen molar-refractivity contribution in [3.05, 3.63) is 35.9 Å². The minimum Gasteiger partial charge on any atom is -0.367 e. The fraction of sp³-hybridized carbons (Fsp3) is 0.571. The molecule has 1 rings (SSSR count). The Hall–Kier alpha value is -0.900. The quantitative estimate of drug-likeness (QED) is 0.769. The number of aliphatic hydroxyl groups is 1. The Balaban J connectivity index is 2.59. The van der Waals surface area contributed by atoms with Gasteiger partial charge < -0.3 is 15.2 Å². The van der Waals surface area contributed by atoms with Gasteiger partial charge in [-0.25, -0.2) is 0 Å². The zero-order valence-electron chi connectivity index (χ0n) is 11.1. The molecule has 0 aliphatic heterocycles. The lowest BCUT2D eigenvalue weighted by atomic mass is 10.1. The highest BCUT2D eigenvalue weighted by atomic mass is 16.6. The van der Waals surface area contributed by atoms with Crippen LogP contribution in [0.25, 0.3) is 0 Å². The van der Waals surface area contributed by atoms with Gasteiger partial charge in [-0.2, -0.15) is 0 Å². The summed E-state index contributed by atoms with van der Waals surface area (Å²) in [6.07, 6.45) is -0.0607. The van der Waals surface area contributed by atoms with Crippen LogP contribution in [-0.4, -0.2) is 30.1 Å². The van der Waals surface area contributed by atoms with Crippen LogP contribution < -0.4 is 5.32 Å². The van der Waals surface area contributed by atoms with Crippen LogP contribution in [0.4, 0.5) is 0 Å². The largest absolute Gasteiger partial charge is 0.367 e. The summed E-state index contributed by atoms with van der Waals surface area (Å²) in [4.78, 5) is 0. The summed E-state index contributed by atoms with van der Waals surface area (Å²) in [7, 11) is 1.84. The third-order valence-corrected chi connectivity index (χ3v) is 2.49. The highest BCUT2D eigenvalue weighted by molar-refractivity contribution is 5.16. The smallest absolute Gasteiger partial charge is 0.170 e. The Morgan fingerprint density at radius 3 is 2.29 bits per heavy atom. The molecule has 0 saturated carbocycles. The molecule has 0 bridgehead atoms. The van der Waals surface area contributed by atoms with Gasteiger partial charge in [-0.3, -0.25) is 0 Å². The van der Waals surface area contributed by atoms with Gasteiger partial charge in [0.05, 0.1) is 11.6 Å². The van der Waals surface area contributed by atoms with E-state index < -0.39 is 6.29 Å². The van der Waals surface area contributed by atoms with Gasteiger partial charge in [0.2, 0.25) is 0 Å². The molecule has 2 N–H and O–H groups in total. The van der Waals surface area contributed by atoms with Gasteiger partial charge in [0.1, 0.15) is 0 Å². The fourth-order valence-electron chi connectivity index (χ4n) is 1.66. The van der Waals surface area contributed by atoms with Crippen LogP contribution in [0.5, 0.6) is 0 Å². The Morgan fingerprint density at radius 1 is 1.24 bits per heavy atom. The van der Waals surface area contributed by atoms with Crippen molar-refractivity contribution in [3.63, 3.8) is 0 Å². The van der Waals surface area contributed by atoms with Crippen LogP contribution in [0.2, 0.25) is 0 Å². The molecule has 17 heavy (non-hydrogen) atoms. The summed E-state index contributed by atoms with van der Waals surface area (Å²) in [5, 5.41) is 13.1. The maximum absolute atomic E-state index is 10.0. The zero-order valence-corrected chi connectivity index (χ0v) is 11.1. The predicted octanol–water partition coefficient (Wildman–Crippen LogP) is 1.95. The summed E-state index contributed by atoms with van der Waals surface area (Å²) in [6, 6.07) is 9.98. The van der Waals surface area contributed by atoms with E-state index in [0.29, 0.717) is 0 Å². The lowest BCUT2D eigenvalue weighted by Crippen LogP contribution is -2.44. The first-order valence-corrected chi connectivity index (χ1v) is 5.99. The van der Waals surface area contributed by atoms with Crippen LogP contribution in [0, 0.1) is 0 Å². The number of hydrogen-bond acceptors (Lipinski definition) is 3. The average Bonchev–Trinajstić information content (AvgIpc) is 2.24. The van der Waals surface area contributed by atoms with E-state index >= 15 is 0 Å². The summed E-state index contributed by atoms with van der Waals surface area (Å²) < 4.78 is 5.56. The van der Waals surface area contributed by atoms with Crippen LogP contribution in [0.1, 0.15) is 26.3 Å². The molecule has 0 aromatic heterocycles. The molecule has 1 aromatic rings. The van der Waals surface area contributed by atoms with Gasteiger partial charge >= 0.3 is 0 Å². The molecule has 3 nitrogen and oxygen atoms in total. The first-order chi connectivity index (χ1) is 7.92. The Labute approximate surface area is 104 Å². The third kappa shape index (κ3) is 5.31. The second-order valence-corrected chi connectivity index (χ2v) is 5.21. The molecule has 1 unspecified atom stereocenters. The second-order valence-electron chi connectivity index (χ2n) is 5.21. The minimum atomic E-state index is -0.805. The number of aliphatic hydroxyl groups excluding tert-OH is 1. The number of benzene rings is 1. The van der Waals surface area contributed by atoms with Crippen molar-refractivity contribution in [2.24, 2.45) is 0 Å². The first kappa shape index (κ1) is 14.2. The van der Waals surface area contributed by atoms with E-state index in [1.54, 1.807) is 0 Å². The third-order valence-electron chi connectivity index (χ3n) is 2.49. The van der Waals surface area contributed by atoms with E-state index in [1.807, 2.05) is 58.2 Å². The number of nitrogens with one attached hydrogen (secondary N) is 1. The van der Waals surface area contributed by atoms with E-state index in [1.165, 1.54) is 5.56 Å². The number of likely N-dealkylation sites (N-methyl/N-ethyl adjacent to an activating group) is 1. The Morgan fingerprint density at radius 2 is 1.82 bits per heavy atom. The molecule has 0 heterocycles. The molecule has 0 radical (unpaired) electrons. The molecule has 96 valence electrons. The molecular weight excluding hydrogens is 214 g/mol. The van der Waals surface area contributed by atoms with Crippen LogP contribution in [0.3, 0.4) is 0 Å². The summed E-state index contributed by atoms with van der Waals surface area (Å²) in [5.74, 6) is 0. The minimum absolute atomic E-state index is 0.100. The molecule has 3 heteroatoms. The first-order valence-electron chi connectivity index (χ1n) is 5.99. The number of ether oxygens (including phenoxy) is 1. The topological polar surface area (TPSA) is 41.5 Å².